The van der Waals surface area contributed by atoms with Gasteiger partial charge in [0.15, 0.2) is 5.13 Å². The summed E-state index contributed by atoms with van der Waals surface area (Å²) >= 11 is 1.55. The normalized spacial score (nSPS) is 17.9. The molecule has 1 aliphatic carbocycles. The number of thiazole rings is 1. The zero-order valence-corrected chi connectivity index (χ0v) is 22.2. The molecule has 1 aliphatic heterocycles. The summed E-state index contributed by atoms with van der Waals surface area (Å²) in [5, 5.41) is 21.1. The van der Waals surface area contributed by atoms with E-state index in [4.69, 9.17) is 10.2 Å². The molecule has 0 radical (unpaired) electrons. The van der Waals surface area contributed by atoms with E-state index in [1.807, 2.05) is 36.5 Å². The second kappa shape index (κ2) is 11.0. The predicted octanol–water partition coefficient (Wildman–Crippen LogP) is 4.87. The number of benzene rings is 2. The maximum Gasteiger partial charge on any atom is 0.257 e. The lowest BCUT2D eigenvalue weighted by atomic mass is 9.94. The maximum absolute atomic E-state index is 13.6. The highest BCUT2D eigenvalue weighted by atomic mass is 32.1. The number of alkyl halides is 1. The summed E-state index contributed by atoms with van der Waals surface area (Å²) in [5.74, 6) is -0.193. The van der Waals surface area contributed by atoms with Crippen molar-refractivity contribution in [1.82, 2.24) is 24.9 Å². The molecular weight excluding hydrogens is 513 g/mol. The van der Waals surface area contributed by atoms with Gasteiger partial charge in [-0.05, 0) is 61.9 Å². The summed E-state index contributed by atoms with van der Waals surface area (Å²) in [6.45, 7) is 2.12. The Morgan fingerprint density at radius 3 is 2.77 bits per heavy atom. The van der Waals surface area contributed by atoms with E-state index in [0.29, 0.717) is 41.7 Å². The minimum Gasteiger partial charge on any atom is -0.300 e. The highest BCUT2D eigenvalue weighted by molar-refractivity contribution is 7.15. The van der Waals surface area contributed by atoms with E-state index in [9.17, 15) is 9.18 Å². The Morgan fingerprint density at radius 1 is 1.15 bits per heavy atom. The number of carbonyl (C=O) groups excluding carboxylic acids is 1. The molecule has 0 bridgehead atoms. The van der Waals surface area contributed by atoms with Crippen molar-refractivity contribution in [1.29, 1.82) is 5.26 Å². The lowest BCUT2D eigenvalue weighted by Gasteiger charge is -2.37. The number of hydrogen-bond donors (Lipinski definition) is 1. The molecule has 2 aliphatic rings. The molecule has 3 heterocycles. The largest absolute Gasteiger partial charge is 0.300 e. The molecule has 2 aromatic carbocycles. The van der Waals surface area contributed by atoms with Gasteiger partial charge in [-0.2, -0.15) is 5.26 Å². The van der Waals surface area contributed by atoms with Crippen molar-refractivity contribution >= 4 is 22.4 Å². The lowest BCUT2D eigenvalue weighted by Crippen LogP contribution is -2.44. The molecular formula is C29H28FN7OS. The Bertz CT molecular complexity index is 1520. The van der Waals surface area contributed by atoms with E-state index in [2.05, 4.69) is 26.6 Å². The predicted molar refractivity (Wildman–Crippen MR) is 147 cm³/mol. The van der Waals surface area contributed by atoms with Crippen molar-refractivity contribution in [3.8, 4) is 17.3 Å². The number of carbonyl (C=O) groups is 1. The number of anilines is 1. The van der Waals surface area contributed by atoms with Crippen molar-refractivity contribution in [2.24, 2.45) is 0 Å². The van der Waals surface area contributed by atoms with Gasteiger partial charge in [0.25, 0.3) is 5.91 Å². The summed E-state index contributed by atoms with van der Waals surface area (Å²) < 4.78 is 15.3. The number of rotatable bonds is 6. The minimum atomic E-state index is -0.660. The fourth-order valence-corrected chi connectivity index (χ4v) is 6.42. The first-order valence-corrected chi connectivity index (χ1v) is 14.0. The molecule has 39 heavy (non-hydrogen) atoms. The number of aryl methyl sites for hydroxylation is 1. The first-order valence-electron chi connectivity index (χ1n) is 13.2. The SMILES string of the molecule is N#Cc1ccc(-c2cn(Cc3cccc(C(=O)Nc4nc5c(s4)CC(N4CCC(F)CC4)CC5)c3)nn2)cc1. The third kappa shape index (κ3) is 5.75. The van der Waals surface area contributed by atoms with E-state index < -0.39 is 6.17 Å². The van der Waals surface area contributed by atoms with E-state index in [-0.39, 0.29) is 5.91 Å². The van der Waals surface area contributed by atoms with Crippen LogP contribution in [0.15, 0.2) is 54.7 Å². The van der Waals surface area contributed by atoms with Gasteiger partial charge >= 0.3 is 0 Å². The van der Waals surface area contributed by atoms with Crippen molar-refractivity contribution in [2.75, 3.05) is 18.4 Å². The molecule has 0 saturated carbocycles. The molecule has 0 spiro atoms. The summed E-state index contributed by atoms with van der Waals surface area (Å²) in [6.07, 6.45) is 5.27. The van der Waals surface area contributed by atoms with Gasteiger partial charge in [-0.1, -0.05) is 29.5 Å². The standard InChI is InChI=1S/C29H28FN7OS/c30-23-10-12-36(13-11-23)24-8-9-25-27(15-24)39-29(32-25)33-28(38)22-3-1-2-20(14-22)17-37-18-26(34-35-37)21-6-4-19(16-31)5-7-21/h1-7,14,18,23-24H,8-13,15,17H2,(H,32,33,38). The van der Waals surface area contributed by atoms with Gasteiger partial charge in [0.2, 0.25) is 0 Å². The van der Waals surface area contributed by atoms with Crippen molar-refractivity contribution in [3.63, 3.8) is 0 Å². The summed E-state index contributed by atoms with van der Waals surface area (Å²) in [5.41, 5.74) is 4.76. The highest BCUT2D eigenvalue weighted by Gasteiger charge is 2.30. The average Bonchev–Trinajstić information content (AvgIpc) is 3.60. The summed E-state index contributed by atoms with van der Waals surface area (Å²) in [7, 11) is 0. The molecule has 8 nitrogen and oxygen atoms in total. The van der Waals surface area contributed by atoms with Crippen LogP contribution in [0.5, 0.6) is 0 Å². The Balaban J connectivity index is 1.09. The molecule has 10 heteroatoms. The Hall–Kier alpha value is -3.94. The monoisotopic (exact) mass is 541 g/mol. The third-order valence-corrected chi connectivity index (χ3v) is 8.53. The topological polar surface area (TPSA) is 99.7 Å². The zero-order chi connectivity index (χ0) is 26.8. The van der Waals surface area contributed by atoms with Crippen LogP contribution in [0.1, 0.15) is 51.3 Å². The van der Waals surface area contributed by atoms with E-state index in [1.54, 1.807) is 34.2 Å². The number of halogens is 1. The third-order valence-electron chi connectivity index (χ3n) is 7.49. The van der Waals surface area contributed by atoms with Gasteiger partial charge in [0, 0.05) is 35.1 Å². The van der Waals surface area contributed by atoms with Gasteiger partial charge in [0.05, 0.1) is 30.1 Å². The Kier molecular flexibility index (Phi) is 7.18. The van der Waals surface area contributed by atoms with Crippen LogP contribution in [0.4, 0.5) is 9.52 Å². The Morgan fingerprint density at radius 2 is 1.97 bits per heavy atom. The van der Waals surface area contributed by atoms with Crippen LogP contribution in [0, 0.1) is 11.3 Å². The fraction of sp³-hybridized carbons (Fsp3) is 0.345. The van der Waals surface area contributed by atoms with Gasteiger partial charge in [-0.3, -0.25) is 15.0 Å². The minimum absolute atomic E-state index is 0.193. The number of piperidine rings is 1. The van der Waals surface area contributed by atoms with Crippen molar-refractivity contribution < 1.29 is 9.18 Å². The van der Waals surface area contributed by atoms with Crippen LogP contribution in [0.2, 0.25) is 0 Å². The van der Waals surface area contributed by atoms with Gasteiger partial charge in [0.1, 0.15) is 11.9 Å². The molecule has 1 unspecified atom stereocenters. The number of amides is 1. The molecule has 1 fully saturated rings. The smallest absolute Gasteiger partial charge is 0.257 e. The first kappa shape index (κ1) is 25.3. The first-order chi connectivity index (χ1) is 19.0. The highest BCUT2D eigenvalue weighted by Crippen LogP contribution is 2.33. The summed E-state index contributed by atoms with van der Waals surface area (Å²) in [6, 6.07) is 17.2. The van der Waals surface area contributed by atoms with Crippen LogP contribution in [-0.4, -0.2) is 56.1 Å². The fourth-order valence-electron chi connectivity index (χ4n) is 5.35. The van der Waals surface area contributed by atoms with E-state index in [0.717, 1.165) is 54.9 Å². The Labute approximate surface area is 230 Å². The number of nitriles is 1. The number of hydrogen-bond acceptors (Lipinski definition) is 7. The van der Waals surface area contributed by atoms with E-state index in [1.165, 1.54) is 4.88 Å². The number of nitrogens with one attached hydrogen (secondary N) is 1. The molecule has 1 amide bonds. The van der Waals surface area contributed by atoms with Crippen LogP contribution < -0.4 is 5.32 Å². The summed E-state index contributed by atoms with van der Waals surface area (Å²) in [4.78, 5) is 21.4. The second-order valence-electron chi connectivity index (χ2n) is 10.1. The lowest BCUT2D eigenvalue weighted by molar-refractivity contribution is 0.102. The van der Waals surface area contributed by atoms with Crippen molar-refractivity contribution in [2.45, 2.75) is 50.9 Å². The van der Waals surface area contributed by atoms with Crippen LogP contribution in [0.3, 0.4) is 0 Å². The molecule has 6 rings (SSSR count). The van der Waals surface area contributed by atoms with Gasteiger partial charge < -0.3 is 0 Å². The molecule has 2 aromatic heterocycles. The quantitative estimate of drug-likeness (QED) is 0.374. The molecule has 1 N–H and O–H groups in total. The number of fused-ring (bicyclic) bond motifs is 1. The van der Waals surface area contributed by atoms with Crippen LogP contribution in [-0.2, 0) is 19.4 Å². The molecule has 4 aromatic rings. The molecule has 1 atom stereocenters. The van der Waals surface area contributed by atoms with Gasteiger partial charge in [-0.25, -0.2) is 14.1 Å². The van der Waals surface area contributed by atoms with E-state index >= 15 is 0 Å². The van der Waals surface area contributed by atoms with Crippen LogP contribution >= 0.6 is 11.3 Å². The molecule has 1 saturated heterocycles. The van der Waals surface area contributed by atoms with Gasteiger partial charge in [-0.15, -0.1) is 16.4 Å². The van der Waals surface area contributed by atoms with Crippen LogP contribution in [0.25, 0.3) is 11.3 Å². The average molecular weight is 542 g/mol. The number of nitrogens with zero attached hydrogens (tertiary/aromatic N) is 6. The number of aromatic nitrogens is 4. The maximum atomic E-state index is 13.6. The number of likely N-dealkylation sites (tertiary alicyclic amines) is 1. The second-order valence-corrected chi connectivity index (χ2v) is 11.2. The zero-order valence-electron chi connectivity index (χ0n) is 21.4. The van der Waals surface area contributed by atoms with Crippen molar-refractivity contribution in [3.05, 3.63) is 82.0 Å². The molecule has 198 valence electrons.